The molecule has 0 radical (unpaired) electrons. The Hall–Kier alpha value is -2.78. The molecular weight excluding hydrogens is 410 g/mol. The van der Waals surface area contributed by atoms with Crippen LogP contribution in [0.5, 0.6) is 0 Å². The lowest BCUT2D eigenvalue weighted by atomic mass is 10.0. The maximum Gasteiger partial charge on any atom is 0.264 e. The molecular formula is C23H31N5O4. The number of nitrogens with two attached hydrogens (primary N) is 1. The molecule has 3 aliphatic rings. The van der Waals surface area contributed by atoms with Gasteiger partial charge in [-0.05, 0) is 63.9 Å². The van der Waals surface area contributed by atoms with Crippen molar-refractivity contribution in [3.8, 4) is 0 Å². The van der Waals surface area contributed by atoms with Crippen molar-refractivity contribution in [2.45, 2.75) is 57.0 Å². The highest BCUT2D eigenvalue weighted by molar-refractivity contribution is 6.25. The van der Waals surface area contributed by atoms with Crippen LogP contribution >= 0.6 is 0 Å². The Bertz CT molecular complexity index is 910. The number of carbonyl (C=O) groups is 4. The third-order valence-electron chi connectivity index (χ3n) is 6.57. The van der Waals surface area contributed by atoms with Crippen molar-refractivity contribution in [2.24, 2.45) is 5.73 Å². The Balaban J connectivity index is 1.30. The molecule has 1 aromatic rings. The number of nitrogens with one attached hydrogen (secondary N) is 2. The predicted octanol–water partition coefficient (Wildman–Crippen LogP) is 1.09. The second-order valence-corrected chi connectivity index (χ2v) is 8.84. The number of amides is 4. The van der Waals surface area contributed by atoms with Gasteiger partial charge in [-0.15, -0.1) is 0 Å². The van der Waals surface area contributed by atoms with Gasteiger partial charge in [0, 0.05) is 24.7 Å². The Labute approximate surface area is 187 Å². The Morgan fingerprint density at radius 3 is 2.53 bits per heavy atom. The van der Waals surface area contributed by atoms with Crippen LogP contribution in [-0.4, -0.2) is 71.7 Å². The highest BCUT2D eigenvalue weighted by Gasteiger charge is 2.45. The van der Waals surface area contributed by atoms with Crippen LogP contribution in [0.1, 0.15) is 65.7 Å². The smallest absolute Gasteiger partial charge is 0.264 e. The van der Waals surface area contributed by atoms with E-state index >= 15 is 0 Å². The van der Waals surface area contributed by atoms with Gasteiger partial charge in [0.05, 0.1) is 11.1 Å². The molecule has 3 aliphatic heterocycles. The van der Waals surface area contributed by atoms with Crippen LogP contribution in [0, 0.1) is 0 Å². The molecule has 4 amide bonds. The number of piperidine rings is 2. The molecule has 2 fully saturated rings. The second-order valence-electron chi connectivity index (χ2n) is 8.84. The summed E-state index contributed by atoms with van der Waals surface area (Å²) in [6.45, 7) is 3.94. The first-order valence-electron chi connectivity index (χ1n) is 11.5. The predicted molar refractivity (Wildman–Crippen MR) is 119 cm³/mol. The number of likely N-dealkylation sites (tertiary alicyclic amines) is 1. The van der Waals surface area contributed by atoms with E-state index in [0.717, 1.165) is 56.6 Å². The van der Waals surface area contributed by atoms with Crippen molar-refractivity contribution in [3.05, 3.63) is 29.3 Å². The van der Waals surface area contributed by atoms with Crippen LogP contribution in [-0.2, 0) is 9.59 Å². The third-order valence-corrected chi connectivity index (χ3v) is 6.57. The molecule has 1 atom stereocenters. The molecule has 32 heavy (non-hydrogen) atoms. The van der Waals surface area contributed by atoms with Gasteiger partial charge >= 0.3 is 0 Å². The summed E-state index contributed by atoms with van der Waals surface area (Å²) in [5.41, 5.74) is 7.17. The lowest BCUT2D eigenvalue weighted by Gasteiger charge is -2.29. The van der Waals surface area contributed by atoms with Gasteiger partial charge in [0.2, 0.25) is 11.8 Å². The van der Waals surface area contributed by atoms with Crippen molar-refractivity contribution in [2.75, 3.05) is 31.5 Å². The van der Waals surface area contributed by atoms with Gasteiger partial charge in [0.25, 0.3) is 11.8 Å². The number of carbonyl (C=O) groups excluding carboxylic acids is 4. The highest BCUT2D eigenvalue weighted by Crippen LogP contribution is 2.32. The molecule has 2 saturated heterocycles. The van der Waals surface area contributed by atoms with Crippen molar-refractivity contribution >= 4 is 29.3 Å². The van der Waals surface area contributed by atoms with E-state index in [0.29, 0.717) is 29.4 Å². The Kier molecular flexibility index (Phi) is 6.86. The van der Waals surface area contributed by atoms with Crippen LogP contribution in [0.2, 0.25) is 0 Å². The maximum atomic E-state index is 13.1. The molecule has 0 aliphatic carbocycles. The molecule has 172 valence electrons. The average Bonchev–Trinajstić information content (AvgIpc) is 3.03. The van der Waals surface area contributed by atoms with E-state index in [9.17, 15) is 19.2 Å². The Morgan fingerprint density at radius 2 is 1.78 bits per heavy atom. The summed E-state index contributed by atoms with van der Waals surface area (Å²) >= 11 is 0. The van der Waals surface area contributed by atoms with Crippen molar-refractivity contribution in [3.63, 3.8) is 0 Å². The van der Waals surface area contributed by atoms with Crippen molar-refractivity contribution < 1.29 is 19.2 Å². The number of imide groups is 2. The van der Waals surface area contributed by atoms with E-state index in [2.05, 4.69) is 15.5 Å². The van der Waals surface area contributed by atoms with Crippen LogP contribution in [0.25, 0.3) is 0 Å². The molecule has 3 heterocycles. The largest absolute Gasteiger partial charge is 0.384 e. The zero-order valence-corrected chi connectivity index (χ0v) is 18.3. The lowest BCUT2D eigenvalue weighted by Crippen LogP contribution is -2.54. The summed E-state index contributed by atoms with van der Waals surface area (Å²) in [5.74, 6) is -1.94. The molecule has 4 rings (SSSR count). The van der Waals surface area contributed by atoms with Gasteiger partial charge < -0.3 is 16.0 Å². The minimum absolute atomic E-state index is 0.110. The molecule has 9 heteroatoms. The number of anilines is 1. The summed E-state index contributed by atoms with van der Waals surface area (Å²) in [6, 6.07) is 4.54. The number of hydrogen-bond acceptors (Lipinski definition) is 7. The summed E-state index contributed by atoms with van der Waals surface area (Å²) in [6.07, 6.45) is 5.55. The van der Waals surface area contributed by atoms with E-state index in [4.69, 9.17) is 5.73 Å². The van der Waals surface area contributed by atoms with Gasteiger partial charge in [-0.25, -0.2) is 0 Å². The second kappa shape index (κ2) is 9.79. The summed E-state index contributed by atoms with van der Waals surface area (Å²) in [5, 5.41) is 5.52. The lowest BCUT2D eigenvalue weighted by molar-refractivity contribution is -0.136. The number of benzene rings is 1. The van der Waals surface area contributed by atoms with E-state index in [1.54, 1.807) is 18.2 Å². The SMILES string of the molecule is NC1CCN(CCCCCNc2cccc3c2C(=O)N(C2CCC(=O)NC2=O)C3=O)CC1. The topological polar surface area (TPSA) is 125 Å². The molecule has 1 unspecified atom stereocenters. The maximum absolute atomic E-state index is 13.1. The van der Waals surface area contributed by atoms with E-state index in [1.807, 2.05) is 0 Å². The minimum Gasteiger partial charge on any atom is -0.384 e. The monoisotopic (exact) mass is 441 g/mol. The zero-order chi connectivity index (χ0) is 22.7. The van der Waals surface area contributed by atoms with Gasteiger partial charge in [0.1, 0.15) is 6.04 Å². The van der Waals surface area contributed by atoms with Crippen molar-refractivity contribution in [1.82, 2.24) is 15.1 Å². The Morgan fingerprint density at radius 1 is 1.00 bits per heavy atom. The van der Waals surface area contributed by atoms with Crippen LogP contribution in [0.4, 0.5) is 5.69 Å². The molecule has 0 aromatic heterocycles. The van der Waals surface area contributed by atoms with E-state index < -0.39 is 23.8 Å². The fourth-order valence-electron chi connectivity index (χ4n) is 4.70. The first kappa shape index (κ1) is 22.4. The number of nitrogens with zero attached hydrogens (tertiary/aromatic N) is 2. The number of hydrogen-bond donors (Lipinski definition) is 3. The first-order chi connectivity index (χ1) is 15.5. The molecule has 0 saturated carbocycles. The minimum atomic E-state index is -0.947. The molecule has 0 bridgehead atoms. The van der Waals surface area contributed by atoms with Gasteiger partial charge in [-0.1, -0.05) is 12.5 Å². The fourth-order valence-corrected chi connectivity index (χ4v) is 4.70. The normalized spacial score (nSPS) is 22.3. The molecule has 0 spiro atoms. The third kappa shape index (κ3) is 4.68. The highest BCUT2D eigenvalue weighted by atomic mass is 16.2. The zero-order valence-electron chi connectivity index (χ0n) is 18.3. The van der Waals surface area contributed by atoms with Crippen LogP contribution < -0.4 is 16.4 Å². The fraction of sp³-hybridized carbons (Fsp3) is 0.565. The quantitative estimate of drug-likeness (QED) is 0.407. The molecule has 4 N–H and O–H groups in total. The van der Waals surface area contributed by atoms with Gasteiger partial charge in [0.15, 0.2) is 0 Å². The van der Waals surface area contributed by atoms with Gasteiger partial charge in [-0.3, -0.25) is 29.4 Å². The first-order valence-corrected chi connectivity index (χ1v) is 11.5. The number of fused-ring (bicyclic) bond motifs is 1. The number of rotatable bonds is 8. The van der Waals surface area contributed by atoms with Crippen molar-refractivity contribution in [1.29, 1.82) is 0 Å². The van der Waals surface area contributed by atoms with E-state index in [-0.39, 0.29) is 18.7 Å². The number of unbranched alkanes of at least 4 members (excludes halogenated alkanes) is 2. The van der Waals surface area contributed by atoms with E-state index in [1.165, 1.54) is 0 Å². The van der Waals surface area contributed by atoms with Crippen LogP contribution in [0.15, 0.2) is 18.2 Å². The summed E-state index contributed by atoms with van der Waals surface area (Å²) in [4.78, 5) is 53.1. The average molecular weight is 442 g/mol. The standard InChI is InChI=1S/C23H31N5O4/c24-15-9-13-27(14-10-15)12-3-1-2-11-25-17-6-4-5-16-20(17)23(32)28(22(16)31)18-7-8-19(29)26-21(18)30/h4-6,15,18,25H,1-3,7-14,24H2,(H,26,29,30). The van der Waals surface area contributed by atoms with Gasteiger partial charge in [-0.2, -0.15) is 0 Å². The molecule has 9 nitrogen and oxygen atoms in total. The summed E-state index contributed by atoms with van der Waals surface area (Å²) < 4.78 is 0. The molecule has 1 aromatic carbocycles. The van der Waals surface area contributed by atoms with Crippen LogP contribution in [0.3, 0.4) is 0 Å². The summed E-state index contributed by atoms with van der Waals surface area (Å²) in [7, 11) is 0.